The predicted molar refractivity (Wildman–Crippen MR) is 134 cm³/mol. The first-order valence-electron chi connectivity index (χ1n) is 12.6. The third-order valence-corrected chi connectivity index (χ3v) is 7.60. The van der Waals surface area contributed by atoms with E-state index in [4.69, 9.17) is 5.10 Å². The molecule has 39 heavy (non-hydrogen) atoms. The van der Waals surface area contributed by atoms with Gasteiger partial charge in [-0.2, -0.15) is 22.8 Å². The van der Waals surface area contributed by atoms with Crippen LogP contribution in [0.4, 0.5) is 13.2 Å². The molecule has 3 aromatic heterocycles. The van der Waals surface area contributed by atoms with E-state index >= 15 is 0 Å². The Labute approximate surface area is 221 Å². The lowest BCUT2D eigenvalue weighted by Crippen LogP contribution is -2.69. The van der Waals surface area contributed by atoms with E-state index in [1.165, 1.54) is 18.3 Å². The molecule has 4 aromatic rings. The van der Waals surface area contributed by atoms with E-state index in [1.54, 1.807) is 26.6 Å². The number of rotatable bonds is 2. The summed E-state index contributed by atoms with van der Waals surface area (Å²) in [5.74, 6) is -0.357. The van der Waals surface area contributed by atoms with Crippen molar-refractivity contribution in [3.8, 4) is 11.3 Å². The Hall–Kier alpha value is -4.22. The summed E-state index contributed by atoms with van der Waals surface area (Å²) in [7, 11) is 0. The summed E-state index contributed by atoms with van der Waals surface area (Å²) >= 11 is 0. The predicted octanol–water partition coefficient (Wildman–Crippen LogP) is 3.61. The number of alkyl halides is 3. The van der Waals surface area contributed by atoms with Crippen LogP contribution in [0.25, 0.3) is 16.9 Å². The highest BCUT2D eigenvalue weighted by atomic mass is 19.4. The van der Waals surface area contributed by atoms with E-state index in [2.05, 4.69) is 10.2 Å². The fourth-order valence-electron chi connectivity index (χ4n) is 5.64. The average Bonchev–Trinajstić information content (AvgIpc) is 3.58. The number of imidazole rings is 1. The second-order valence-electron chi connectivity index (χ2n) is 11.3. The molecule has 1 saturated heterocycles. The van der Waals surface area contributed by atoms with Crippen molar-refractivity contribution in [3.05, 3.63) is 71.3 Å². The molecule has 2 aliphatic rings. The summed E-state index contributed by atoms with van der Waals surface area (Å²) in [6.45, 7) is 9.05. The number of nitrogens with zero attached hydrogens (tertiary/aromatic N) is 6. The molecule has 0 bridgehead atoms. The number of aromatic nitrogens is 5. The van der Waals surface area contributed by atoms with Crippen LogP contribution in [0.1, 0.15) is 59.8 Å². The van der Waals surface area contributed by atoms with Gasteiger partial charge >= 0.3 is 17.7 Å². The van der Waals surface area contributed by atoms with E-state index in [-0.39, 0.29) is 18.4 Å². The number of hydrogen-bond donors (Lipinski definition) is 1. The summed E-state index contributed by atoms with van der Waals surface area (Å²) in [4.78, 5) is 30.2. The van der Waals surface area contributed by atoms with Gasteiger partial charge < -0.3 is 4.90 Å². The lowest BCUT2D eigenvalue weighted by atomic mass is 9.87. The molecule has 6 rings (SSSR count). The van der Waals surface area contributed by atoms with Crippen molar-refractivity contribution in [2.45, 2.75) is 44.9 Å². The van der Waals surface area contributed by atoms with Gasteiger partial charge in [0.15, 0.2) is 6.20 Å². The van der Waals surface area contributed by atoms with Crippen LogP contribution in [0.15, 0.2) is 48.8 Å². The number of fused-ring (bicyclic) bond motifs is 5. The summed E-state index contributed by atoms with van der Waals surface area (Å²) in [5.41, 5.74) is 1.39. The van der Waals surface area contributed by atoms with Gasteiger partial charge in [0.1, 0.15) is 11.4 Å². The summed E-state index contributed by atoms with van der Waals surface area (Å²) in [6, 6.07) is 8.38. The van der Waals surface area contributed by atoms with Gasteiger partial charge in [0, 0.05) is 31.8 Å². The van der Waals surface area contributed by atoms with E-state index in [9.17, 15) is 22.8 Å². The van der Waals surface area contributed by atoms with Crippen molar-refractivity contribution >= 4 is 17.5 Å². The maximum Gasteiger partial charge on any atom is 0.416 e. The van der Waals surface area contributed by atoms with Gasteiger partial charge in [-0.15, -0.1) is 0 Å². The van der Waals surface area contributed by atoms with Gasteiger partial charge in [-0.1, -0.05) is 42.5 Å². The fourth-order valence-corrected chi connectivity index (χ4v) is 5.64. The topological polar surface area (TPSA) is 90.5 Å². The number of aromatic amines is 1. The Bertz CT molecular complexity index is 1620. The van der Waals surface area contributed by atoms with Crippen LogP contribution >= 0.6 is 0 Å². The van der Waals surface area contributed by atoms with Gasteiger partial charge in [-0.05, 0) is 29.7 Å². The van der Waals surface area contributed by atoms with Crippen molar-refractivity contribution in [3.63, 3.8) is 0 Å². The Morgan fingerprint density at radius 2 is 1.82 bits per heavy atom. The van der Waals surface area contributed by atoms with Crippen molar-refractivity contribution in [2.24, 2.45) is 0 Å². The van der Waals surface area contributed by atoms with Crippen LogP contribution in [0.5, 0.6) is 0 Å². The standard InChI is InChI=1S/C27H26F3N7O2/c1-25(2,3)18-13-20(16-5-7-17(8-6-16)27(28,29)30)33-36-14-21-24(39)35-12-11-34(23(38)19-9-10-31-32-19)15-26(35,4)37(21)22(18)36/h5-10,13-14H,11-12,15H2,1-4H3/p+1. The van der Waals surface area contributed by atoms with Crippen molar-refractivity contribution in [1.29, 1.82) is 0 Å². The second kappa shape index (κ2) is 8.14. The van der Waals surface area contributed by atoms with Crippen molar-refractivity contribution in [2.75, 3.05) is 19.6 Å². The molecule has 1 atom stereocenters. The second-order valence-corrected chi connectivity index (χ2v) is 11.3. The first-order valence-corrected chi connectivity index (χ1v) is 12.6. The lowest BCUT2D eigenvalue weighted by Gasteiger charge is -2.42. The zero-order valence-corrected chi connectivity index (χ0v) is 21.9. The molecular formula is C27H27F3N7O2+. The van der Waals surface area contributed by atoms with E-state index in [1.807, 2.05) is 38.3 Å². The highest BCUT2D eigenvalue weighted by Crippen LogP contribution is 2.36. The van der Waals surface area contributed by atoms with Crippen molar-refractivity contribution < 1.29 is 27.3 Å². The van der Waals surface area contributed by atoms with Crippen LogP contribution in [0.2, 0.25) is 0 Å². The number of halogens is 3. The molecule has 9 nitrogen and oxygen atoms in total. The summed E-state index contributed by atoms with van der Waals surface area (Å²) < 4.78 is 43.0. The molecule has 202 valence electrons. The number of H-pyrrole nitrogens is 1. The molecule has 12 heteroatoms. The van der Waals surface area contributed by atoms with Crippen LogP contribution in [-0.2, 0) is 17.3 Å². The maximum absolute atomic E-state index is 13.6. The number of benzene rings is 1. The number of carbonyl (C=O) groups excluding carboxylic acids is 2. The molecule has 1 fully saturated rings. The lowest BCUT2D eigenvalue weighted by molar-refractivity contribution is -0.749. The Balaban J connectivity index is 1.49. The summed E-state index contributed by atoms with van der Waals surface area (Å²) in [6.07, 6.45) is -1.24. The normalized spacial score (nSPS) is 19.5. The zero-order valence-electron chi connectivity index (χ0n) is 21.9. The van der Waals surface area contributed by atoms with Crippen LogP contribution in [0.3, 0.4) is 0 Å². The Morgan fingerprint density at radius 1 is 1.10 bits per heavy atom. The van der Waals surface area contributed by atoms with Crippen molar-refractivity contribution in [1.82, 2.24) is 29.6 Å². The Kier molecular flexibility index (Phi) is 5.23. The third kappa shape index (κ3) is 3.80. The van der Waals surface area contributed by atoms with E-state index in [0.29, 0.717) is 41.4 Å². The van der Waals surface area contributed by atoms with Crippen LogP contribution < -0.4 is 4.57 Å². The quantitative estimate of drug-likeness (QED) is 0.395. The molecule has 0 aliphatic carbocycles. The first-order chi connectivity index (χ1) is 18.3. The third-order valence-electron chi connectivity index (χ3n) is 7.60. The molecule has 2 aliphatic heterocycles. The molecule has 0 spiro atoms. The smallest absolute Gasteiger partial charge is 0.329 e. The monoisotopic (exact) mass is 538 g/mol. The fraction of sp³-hybridized carbons (Fsp3) is 0.370. The minimum absolute atomic E-state index is 0.160. The zero-order chi connectivity index (χ0) is 27.9. The van der Waals surface area contributed by atoms with Gasteiger partial charge in [-0.3, -0.25) is 19.6 Å². The Morgan fingerprint density at radius 3 is 2.44 bits per heavy atom. The molecule has 5 heterocycles. The molecule has 1 aromatic carbocycles. The molecular weight excluding hydrogens is 511 g/mol. The number of nitrogens with one attached hydrogen (secondary N) is 1. The van der Waals surface area contributed by atoms with Gasteiger partial charge in [0.25, 0.3) is 5.91 Å². The number of piperazine rings is 1. The van der Waals surface area contributed by atoms with E-state index < -0.39 is 22.8 Å². The first kappa shape index (κ1) is 25.1. The highest BCUT2D eigenvalue weighted by Gasteiger charge is 2.57. The molecule has 1 N–H and O–H groups in total. The molecule has 0 radical (unpaired) electrons. The van der Waals surface area contributed by atoms with E-state index in [0.717, 1.165) is 17.7 Å². The average molecular weight is 539 g/mol. The largest absolute Gasteiger partial charge is 0.416 e. The number of hydrogen-bond acceptors (Lipinski definition) is 4. The number of carbonyl (C=O) groups is 2. The highest BCUT2D eigenvalue weighted by molar-refractivity contribution is 5.95. The van der Waals surface area contributed by atoms with Gasteiger partial charge in [0.05, 0.1) is 17.7 Å². The SMILES string of the molecule is CC(C)(C)c1cc(-c2ccc(C(F)(F)F)cc2)nn2cc3[n+](c12)C1(C)CN(C(=O)c2ccn[nH]2)CCN1C3=O. The van der Waals surface area contributed by atoms with Gasteiger partial charge in [-0.25, -0.2) is 0 Å². The molecule has 1 unspecified atom stereocenters. The minimum atomic E-state index is -4.43. The molecule has 2 amide bonds. The van der Waals surface area contributed by atoms with Crippen LogP contribution in [0, 0.1) is 0 Å². The maximum atomic E-state index is 13.6. The van der Waals surface area contributed by atoms with Gasteiger partial charge in [0.2, 0.25) is 11.4 Å². The number of amides is 2. The molecule has 0 saturated carbocycles. The van der Waals surface area contributed by atoms with Crippen LogP contribution in [-0.4, -0.2) is 61.1 Å². The summed E-state index contributed by atoms with van der Waals surface area (Å²) in [5, 5.41) is 11.3. The minimum Gasteiger partial charge on any atom is -0.329 e.